The first-order valence-electron chi connectivity index (χ1n) is 7.08. The summed E-state index contributed by atoms with van der Waals surface area (Å²) in [6.07, 6.45) is 4.27. The number of piperazine rings is 1. The van der Waals surface area contributed by atoms with Crippen LogP contribution in [0.2, 0.25) is 0 Å². The van der Waals surface area contributed by atoms with Crippen molar-refractivity contribution in [1.29, 1.82) is 0 Å². The highest BCUT2D eigenvalue weighted by atomic mass is 32.1. The largest absolute Gasteiger partial charge is 0.346 e. The SMILES string of the molecule is c1csc(N2CCN(Cc3noc(C4CC4)n3)CC2)n1. The van der Waals surface area contributed by atoms with Crippen LogP contribution in [-0.2, 0) is 6.54 Å². The predicted octanol–water partition coefficient (Wildman–Crippen LogP) is 1.73. The molecule has 0 spiro atoms. The van der Waals surface area contributed by atoms with Gasteiger partial charge in [-0.2, -0.15) is 4.98 Å². The third-order valence-corrected chi connectivity index (χ3v) is 4.67. The number of aromatic nitrogens is 3. The van der Waals surface area contributed by atoms with Crippen molar-refractivity contribution in [2.45, 2.75) is 25.3 Å². The lowest BCUT2D eigenvalue weighted by Gasteiger charge is -2.33. The molecule has 2 aliphatic rings. The molecule has 2 fully saturated rings. The second kappa shape index (κ2) is 5.14. The van der Waals surface area contributed by atoms with Gasteiger partial charge in [0.05, 0.1) is 6.54 Å². The third-order valence-electron chi connectivity index (χ3n) is 3.84. The molecule has 0 radical (unpaired) electrons. The van der Waals surface area contributed by atoms with E-state index in [2.05, 4.69) is 24.9 Å². The molecule has 106 valence electrons. The van der Waals surface area contributed by atoms with Crippen molar-refractivity contribution in [3.05, 3.63) is 23.3 Å². The van der Waals surface area contributed by atoms with Gasteiger partial charge in [-0.15, -0.1) is 11.3 Å². The molecule has 0 N–H and O–H groups in total. The molecule has 20 heavy (non-hydrogen) atoms. The van der Waals surface area contributed by atoms with Crippen molar-refractivity contribution in [3.8, 4) is 0 Å². The van der Waals surface area contributed by atoms with Crippen LogP contribution < -0.4 is 4.90 Å². The Morgan fingerprint density at radius 3 is 2.80 bits per heavy atom. The van der Waals surface area contributed by atoms with Gasteiger partial charge in [-0.1, -0.05) is 5.16 Å². The maximum absolute atomic E-state index is 5.30. The summed E-state index contributed by atoms with van der Waals surface area (Å²) in [6, 6.07) is 0. The maximum Gasteiger partial charge on any atom is 0.229 e. The molecule has 2 aromatic rings. The summed E-state index contributed by atoms with van der Waals surface area (Å²) >= 11 is 1.70. The van der Waals surface area contributed by atoms with Gasteiger partial charge >= 0.3 is 0 Å². The Labute approximate surface area is 121 Å². The summed E-state index contributed by atoms with van der Waals surface area (Å²) in [4.78, 5) is 13.6. The molecule has 6 nitrogen and oxygen atoms in total. The van der Waals surface area contributed by atoms with E-state index in [-0.39, 0.29) is 0 Å². The smallest absolute Gasteiger partial charge is 0.229 e. The summed E-state index contributed by atoms with van der Waals surface area (Å²) in [5.41, 5.74) is 0. The van der Waals surface area contributed by atoms with Crippen LogP contribution in [0.25, 0.3) is 0 Å². The van der Waals surface area contributed by atoms with Crippen LogP contribution in [0.1, 0.15) is 30.5 Å². The lowest BCUT2D eigenvalue weighted by Crippen LogP contribution is -2.46. The van der Waals surface area contributed by atoms with Crippen molar-refractivity contribution in [2.75, 3.05) is 31.1 Å². The Kier molecular flexibility index (Phi) is 3.16. The van der Waals surface area contributed by atoms with Crippen LogP contribution in [0, 0.1) is 0 Å². The van der Waals surface area contributed by atoms with Gasteiger partial charge in [0, 0.05) is 43.7 Å². The Bertz CT molecular complexity index is 557. The van der Waals surface area contributed by atoms with Crippen molar-refractivity contribution < 1.29 is 4.52 Å². The van der Waals surface area contributed by atoms with E-state index < -0.39 is 0 Å². The molecule has 7 heteroatoms. The van der Waals surface area contributed by atoms with Gasteiger partial charge in [0.1, 0.15) is 0 Å². The minimum absolute atomic E-state index is 0.540. The summed E-state index contributed by atoms with van der Waals surface area (Å²) in [7, 11) is 0. The van der Waals surface area contributed by atoms with Crippen molar-refractivity contribution in [1.82, 2.24) is 20.0 Å². The zero-order valence-electron chi connectivity index (χ0n) is 11.2. The lowest BCUT2D eigenvalue weighted by molar-refractivity contribution is 0.240. The minimum atomic E-state index is 0.540. The topological polar surface area (TPSA) is 58.3 Å². The van der Waals surface area contributed by atoms with E-state index >= 15 is 0 Å². The monoisotopic (exact) mass is 291 g/mol. The van der Waals surface area contributed by atoms with Crippen LogP contribution in [0.4, 0.5) is 5.13 Å². The summed E-state index contributed by atoms with van der Waals surface area (Å²) in [5.74, 6) is 2.20. The highest BCUT2D eigenvalue weighted by Gasteiger charge is 2.30. The average molecular weight is 291 g/mol. The molecular formula is C13H17N5OS. The Morgan fingerprint density at radius 1 is 1.25 bits per heavy atom. The van der Waals surface area contributed by atoms with Gasteiger partial charge in [-0.05, 0) is 12.8 Å². The number of thiazole rings is 1. The van der Waals surface area contributed by atoms with Crippen LogP contribution >= 0.6 is 11.3 Å². The quantitative estimate of drug-likeness (QED) is 0.855. The second-order valence-electron chi connectivity index (χ2n) is 5.40. The molecule has 0 aromatic carbocycles. The predicted molar refractivity (Wildman–Crippen MR) is 75.9 cm³/mol. The fourth-order valence-electron chi connectivity index (χ4n) is 2.50. The molecule has 0 amide bonds. The summed E-state index contributed by atoms with van der Waals surface area (Å²) in [5, 5.41) is 7.24. The normalized spacial score (nSPS) is 20.5. The van der Waals surface area contributed by atoms with Crippen molar-refractivity contribution in [2.24, 2.45) is 0 Å². The molecule has 0 unspecified atom stereocenters. The van der Waals surface area contributed by atoms with Gasteiger partial charge in [0.25, 0.3) is 0 Å². The first-order valence-corrected chi connectivity index (χ1v) is 7.96. The van der Waals surface area contributed by atoms with E-state index in [4.69, 9.17) is 4.52 Å². The Morgan fingerprint density at radius 2 is 2.10 bits per heavy atom. The zero-order valence-corrected chi connectivity index (χ0v) is 12.1. The number of rotatable bonds is 4. The molecule has 0 atom stereocenters. The van der Waals surface area contributed by atoms with Crippen LogP contribution in [0.5, 0.6) is 0 Å². The number of hydrogen-bond acceptors (Lipinski definition) is 7. The number of nitrogens with zero attached hydrogens (tertiary/aromatic N) is 5. The first-order chi connectivity index (χ1) is 9.88. The number of anilines is 1. The second-order valence-corrected chi connectivity index (χ2v) is 6.27. The summed E-state index contributed by atoms with van der Waals surface area (Å²) in [6.45, 7) is 4.86. The average Bonchev–Trinajstić information content (AvgIpc) is 3.00. The Balaban J connectivity index is 1.32. The standard InChI is InChI=1S/C13H17N5OS/c1-2-10(1)12-15-11(16-19-12)9-17-4-6-18(7-5-17)13-14-3-8-20-13/h3,8,10H,1-2,4-7,9H2. The fourth-order valence-corrected chi connectivity index (χ4v) is 3.19. The molecule has 1 aliphatic heterocycles. The van der Waals surface area contributed by atoms with Gasteiger partial charge < -0.3 is 9.42 Å². The van der Waals surface area contributed by atoms with E-state index in [1.165, 1.54) is 12.8 Å². The molecule has 1 saturated heterocycles. The highest BCUT2D eigenvalue weighted by Crippen LogP contribution is 2.38. The van der Waals surface area contributed by atoms with E-state index in [0.717, 1.165) is 49.6 Å². The molecule has 3 heterocycles. The summed E-state index contributed by atoms with van der Waals surface area (Å²) < 4.78 is 5.30. The van der Waals surface area contributed by atoms with Crippen LogP contribution in [0.15, 0.2) is 16.1 Å². The highest BCUT2D eigenvalue weighted by molar-refractivity contribution is 7.13. The molecule has 1 saturated carbocycles. The van der Waals surface area contributed by atoms with Gasteiger partial charge in [0.2, 0.25) is 5.89 Å². The fraction of sp³-hybridized carbons (Fsp3) is 0.615. The van der Waals surface area contributed by atoms with Crippen LogP contribution in [0.3, 0.4) is 0 Å². The lowest BCUT2D eigenvalue weighted by atomic mass is 10.3. The maximum atomic E-state index is 5.30. The molecular weight excluding hydrogens is 274 g/mol. The minimum Gasteiger partial charge on any atom is -0.346 e. The van der Waals surface area contributed by atoms with Crippen molar-refractivity contribution in [3.63, 3.8) is 0 Å². The van der Waals surface area contributed by atoms with Gasteiger partial charge in [-0.25, -0.2) is 4.98 Å². The van der Waals surface area contributed by atoms with Gasteiger partial charge in [-0.3, -0.25) is 4.90 Å². The molecule has 1 aliphatic carbocycles. The van der Waals surface area contributed by atoms with Gasteiger partial charge in [0.15, 0.2) is 11.0 Å². The van der Waals surface area contributed by atoms with E-state index in [1.807, 2.05) is 11.6 Å². The molecule has 2 aromatic heterocycles. The third kappa shape index (κ3) is 2.55. The zero-order chi connectivity index (χ0) is 13.4. The van der Waals surface area contributed by atoms with Crippen molar-refractivity contribution >= 4 is 16.5 Å². The van der Waals surface area contributed by atoms with E-state index in [0.29, 0.717) is 5.92 Å². The van der Waals surface area contributed by atoms with E-state index in [9.17, 15) is 0 Å². The molecule has 0 bridgehead atoms. The van der Waals surface area contributed by atoms with E-state index in [1.54, 1.807) is 11.3 Å². The molecule has 4 rings (SSSR count). The first kappa shape index (κ1) is 12.3. The van der Waals surface area contributed by atoms with Crippen LogP contribution in [-0.4, -0.2) is 46.2 Å². The Hall–Kier alpha value is -1.47. The number of hydrogen-bond donors (Lipinski definition) is 0.